The van der Waals surface area contributed by atoms with Gasteiger partial charge in [0.2, 0.25) is 0 Å². The van der Waals surface area contributed by atoms with Gasteiger partial charge in [-0.2, -0.15) is 5.26 Å². The number of fused-ring (bicyclic) bond motifs is 1. The number of allylic oxidation sites excluding steroid dienone is 1. The third kappa shape index (κ3) is 6.49. The molecule has 4 aromatic rings. The Kier molecular flexibility index (Phi) is 9.04. The number of hydrogen-bond acceptors (Lipinski definition) is 4. The Morgan fingerprint density at radius 2 is 1.82 bits per heavy atom. The molecule has 4 aromatic carbocycles. The fourth-order valence-corrected chi connectivity index (χ4v) is 4.49. The number of anilines is 1. The number of nitrogens with zero attached hydrogens (tertiary/aromatic N) is 1. The van der Waals surface area contributed by atoms with Crippen molar-refractivity contribution in [3.63, 3.8) is 0 Å². The molecule has 0 bridgehead atoms. The molecule has 0 spiro atoms. The van der Waals surface area contributed by atoms with Crippen LogP contribution in [0.1, 0.15) is 29.2 Å². The molecule has 1 N–H and O–H groups in total. The second-order valence-corrected chi connectivity index (χ2v) is 9.30. The second kappa shape index (κ2) is 12.8. The van der Waals surface area contributed by atoms with Crippen LogP contribution in [0.4, 0.5) is 5.69 Å². The highest BCUT2D eigenvalue weighted by Crippen LogP contribution is 2.36. The summed E-state index contributed by atoms with van der Waals surface area (Å²) in [6, 6.07) is 25.2. The van der Waals surface area contributed by atoms with E-state index in [9.17, 15) is 10.1 Å². The Hall–Kier alpha value is -4.53. The topological polar surface area (TPSA) is 71.4 Å². The van der Waals surface area contributed by atoms with Gasteiger partial charge < -0.3 is 14.8 Å². The number of nitrogens with one attached hydrogen (secondary N) is 1. The molecule has 5 nitrogen and oxygen atoms in total. The Labute approximate surface area is 233 Å². The molecule has 0 aliphatic rings. The van der Waals surface area contributed by atoms with Crippen LogP contribution in [0.3, 0.4) is 0 Å². The van der Waals surface area contributed by atoms with Gasteiger partial charge in [-0.15, -0.1) is 6.58 Å². The maximum atomic E-state index is 12.9. The summed E-state index contributed by atoms with van der Waals surface area (Å²) in [4.78, 5) is 12.9. The van der Waals surface area contributed by atoms with Gasteiger partial charge in [0.05, 0.1) is 6.61 Å². The predicted octanol–water partition coefficient (Wildman–Crippen LogP) is 8.05. The smallest absolute Gasteiger partial charge is 0.266 e. The summed E-state index contributed by atoms with van der Waals surface area (Å²) in [6.45, 7) is 8.37. The highest BCUT2D eigenvalue weighted by Gasteiger charge is 2.16. The predicted molar refractivity (Wildman–Crippen MR) is 158 cm³/mol. The summed E-state index contributed by atoms with van der Waals surface area (Å²) >= 11 is 6.18. The minimum absolute atomic E-state index is 0.0502. The first-order valence-electron chi connectivity index (χ1n) is 12.6. The lowest BCUT2D eigenvalue weighted by Crippen LogP contribution is -2.14. The van der Waals surface area contributed by atoms with E-state index in [4.69, 9.17) is 21.1 Å². The van der Waals surface area contributed by atoms with Crippen molar-refractivity contribution in [2.45, 2.75) is 26.9 Å². The Balaban J connectivity index is 1.67. The Morgan fingerprint density at radius 3 is 2.59 bits per heavy atom. The first kappa shape index (κ1) is 27.5. The molecule has 4 rings (SSSR count). The van der Waals surface area contributed by atoms with Gasteiger partial charge in [0, 0.05) is 16.3 Å². The highest BCUT2D eigenvalue weighted by molar-refractivity contribution is 6.31. The van der Waals surface area contributed by atoms with Gasteiger partial charge in [-0.25, -0.2) is 0 Å². The van der Waals surface area contributed by atoms with Crippen LogP contribution >= 0.6 is 11.6 Å². The normalized spacial score (nSPS) is 11.1. The molecule has 0 aliphatic carbocycles. The lowest BCUT2D eigenvalue weighted by atomic mass is 10.0. The van der Waals surface area contributed by atoms with Crippen LogP contribution < -0.4 is 14.8 Å². The van der Waals surface area contributed by atoms with Crippen molar-refractivity contribution in [2.75, 3.05) is 11.9 Å². The molecule has 0 saturated carbocycles. The van der Waals surface area contributed by atoms with Crippen molar-refractivity contribution < 1.29 is 14.3 Å². The molecule has 1 amide bonds. The second-order valence-electron chi connectivity index (χ2n) is 8.90. The zero-order valence-electron chi connectivity index (χ0n) is 22.0. The monoisotopic (exact) mass is 536 g/mol. The third-order valence-corrected chi connectivity index (χ3v) is 6.67. The summed E-state index contributed by atoms with van der Waals surface area (Å²) in [5, 5.41) is 15.4. The van der Waals surface area contributed by atoms with Crippen LogP contribution in [-0.2, 0) is 17.8 Å². The fourth-order valence-electron chi connectivity index (χ4n) is 4.32. The van der Waals surface area contributed by atoms with E-state index in [0.717, 1.165) is 27.5 Å². The van der Waals surface area contributed by atoms with E-state index in [1.165, 1.54) is 0 Å². The minimum Gasteiger partial charge on any atom is -0.490 e. The third-order valence-electron chi connectivity index (χ3n) is 6.26. The Bertz CT molecular complexity index is 1600. The van der Waals surface area contributed by atoms with Gasteiger partial charge in [-0.05, 0) is 78.1 Å². The summed E-state index contributed by atoms with van der Waals surface area (Å²) in [7, 11) is 0. The van der Waals surface area contributed by atoms with Crippen molar-refractivity contribution >= 4 is 40.0 Å². The minimum atomic E-state index is -0.526. The number of amides is 1. The number of nitriles is 1. The van der Waals surface area contributed by atoms with Gasteiger partial charge in [0.15, 0.2) is 11.5 Å². The van der Waals surface area contributed by atoms with Crippen LogP contribution in [0.15, 0.2) is 91.0 Å². The molecular formula is C33H29ClN2O3. The molecule has 0 fully saturated rings. The van der Waals surface area contributed by atoms with E-state index >= 15 is 0 Å². The van der Waals surface area contributed by atoms with Gasteiger partial charge >= 0.3 is 0 Å². The highest BCUT2D eigenvalue weighted by atomic mass is 35.5. The van der Waals surface area contributed by atoms with E-state index < -0.39 is 5.91 Å². The standard InChI is InChI=1S/C33H29ClN2O3/c1-4-10-25-17-23(18-27(20-35)33(37)36-30-16-9-15-29(34)22(30)3)19-31(38-5-2)32(25)39-21-26-13-8-12-24-11-6-7-14-28(24)26/h4,6-9,11-19H,1,5,10,21H2,2-3H3,(H,36,37)/b27-18+. The average molecular weight is 537 g/mol. The van der Waals surface area contributed by atoms with Crippen LogP contribution in [0.5, 0.6) is 11.5 Å². The maximum Gasteiger partial charge on any atom is 0.266 e. The number of carbonyl (C=O) groups is 1. The van der Waals surface area contributed by atoms with Crippen molar-refractivity contribution in [1.82, 2.24) is 0 Å². The van der Waals surface area contributed by atoms with E-state index in [0.29, 0.717) is 47.4 Å². The molecule has 0 aromatic heterocycles. The molecule has 0 saturated heterocycles. The molecule has 0 atom stereocenters. The van der Waals surface area contributed by atoms with Crippen molar-refractivity contribution in [3.8, 4) is 17.6 Å². The number of benzene rings is 4. The molecule has 39 heavy (non-hydrogen) atoms. The number of rotatable bonds is 10. The van der Waals surface area contributed by atoms with Gasteiger partial charge in [0.25, 0.3) is 5.91 Å². The van der Waals surface area contributed by atoms with E-state index in [1.807, 2.05) is 43.3 Å². The van der Waals surface area contributed by atoms with E-state index in [2.05, 4.69) is 30.1 Å². The quantitative estimate of drug-likeness (QED) is 0.126. The number of hydrogen-bond donors (Lipinski definition) is 1. The van der Waals surface area contributed by atoms with Crippen LogP contribution in [0.2, 0.25) is 5.02 Å². The largest absolute Gasteiger partial charge is 0.490 e. The van der Waals surface area contributed by atoms with Gasteiger partial charge in [-0.3, -0.25) is 4.79 Å². The molecule has 0 heterocycles. The average Bonchev–Trinajstić information content (AvgIpc) is 2.94. The number of halogens is 1. The van der Waals surface area contributed by atoms with Crippen LogP contribution in [-0.4, -0.2) is 12.5 Å². The summed E-state index contributed by atoms with van der Waals surface area (Å²) < 4.78 is 12.3. The van der Waals surface area contributed by atoms with Gasteiger partial charge in [-0.1, -0.05) is 66.2 Å². The fraction of sp³-hybridized carbons (Fsp3) is 0.152. The summed E-state index contributed by atoms with van der Waals surface area (Å²) in [5.74, 6) is 0.619. The van der Waals surface area contributed by atoms with Crippen molar-refractivity contribution in [2.24, 2.45) is 0 Å². The van der Waals surface area contributed by atoms with Crippen molar-refractivity contribution in [3.05, 3.63) is 118 Å². The SMILES string of the molecule is C=CCc1cc(/C=C(\C#N)C(=O)Nc2cccc(Cl)c2C)cc(OCC)c1OCc1cccc2ccccc12. The summed E-state index contributed by atoms with van der Waals surface area (Å²) in [6.07, 6.45) is 3.84. The number of ether oxygens (including phenoxy) is 2. The first-order valence-corrected chi connectivity index (χ1v) is 13.0. The number of carbonyl (C=O) groups excluding carboxylic acids is 1. The van der Waals surface area contributed by atoms with E-state index in [1.54, 1.807) is 43.3 Å². The molecular weight excluding hydrogens is 508 g/mol. The molecule has 0 aliphatic heterocycles. The lowest BCUT2D eigenvalue weighted by molar-refractivity contribution is -0.112. The molecule has 6 heteroatoms. The van der Waals surface area contributed by atoms with Crippen LogP contribution in [0, 0.1) is 18.3 Å². The first-order chi connectivity index (χ1) is 18.9. The van der Waals surface area contributed by atoms with Gasteiger partial charge in [0.1, 0.15) is 18.2 Å². The molecule has 196 valence electrons. The Morgan fingerprint density at radius 1 is 1.05 bits per heavy atom. The van der Waals surface area contributed by atoms with Crippen molar-refractivity contribution in [1.29, 1.82) is 5.26 Å². The van der Waals surface area contributed by atoms with Crippen LogP contribution in [0.25, 0.3) is 16.8 Å². The zero-order chi connectivity index (χ0) is 27.8. The lowest BCUT2D eigenvalue weighted by Gasteiger charge is -2.17. The molecule has 0 radical (unpaired) electrons. The van der Waals surface area contributed by atoms with E-state index in [-0.39, 0.29) is 5.57 Å². The zero-order valence-corrected chi connectivity index (χ0v) is 22.7. The summed E-state index contributed by atoms with van der Waals surface area (Å²) in [5.41, 5.74) is 3.76. The maximum absolute atomic E-state index is 12.9. The molecule has 0 unspecified atom stereocenters.